The maximum atomic E-state index is 13.2. The SMILES string of the molecule is COC1=C(c2nn(CCN3CCOC3=O)cc2NC(=O)c2cnn3cccnc23)C=C(Cl)CC=C1. The molecule has 1 aliphatic carbocycles. The third-order valence-electron chi connectivity index (χ3n) is 5.60. The van der Waals surface area contributed by atoms with Crippen LogP contribution < -0.4 is 5.32 Å². The first-order chi connectivity index (χ1) is 17.0. The molecule has 0 saturated carbocycles. The average Bonchev–Trinajstić information content (AvgIpc) is 3.54. The summed E-state index contributed by atoms with van der Waals surface area (Å²) in [5, 5.41) is 12.4. The molecule has 0 bridgehead atoms. The Balaban J connectivity index is 1.50. The lowest BCUT2D eigenvalue weighted by Gasteiger charge is -2.11. The number of anilines is 1. The molecule has 180 valence electrons. The molecular weight excluding hydrogens is 474 g/mol. The lowest BCUT2D eigenvalue weighted by atomic mass is 10.1. The molecule has 3 aromatic heterocycles. The number of halogens is 1. The van der Waals surface area contributed by atoms with E-state index in [0.29, 0.717) is 71.6 Å². The van der Waals surface area contributed by atoms with Gasteiger partial charge in [-0.15, -0.1) is 0 Å². The Morgan fingerprint density at radius 3 is 3.03 bits per heavy atom. The quantitative estimate of drug-likeness (QED) is 0.535. The predicted molar refractivity (Wildman–Crippen MR) is 128 cm³/mol. The highest BCUT2D eigenvalue weighted by Crippen LogP contribution is 2.32. The van der Waals surface area contributed by atoms with E-state index >= 15 is 0 Å². The van der Waals surface area contributed by atoms with Crippen molar-refractivity contribution in [2.75, 3.05) is 32.1 Å². The fourth-order valence-electron chi connectivity index (χ4n) is 3.87. The van der Waals surface area contributed by atoms with Crippen LogP contribution in [0.2, 0.25) is 0 Å². The minimum atomic E-state index is -0.388. The molecule has 1 N–H and O–H groups in total. The smallest absolute Gasteiger partial charge is 0.410 e. The second kappa shape index (κ2) is 9.63. The van der Waals surface area contributed by atoms with Crippen LogP contribution in [0.25, 0.3) is 11.2 Å². The second-order valence-corrected chi connectivity index (χ2v) is 8.32. The summed E-state index contributed by atoms with van der Waals surface area (Å²) in [5.41, 5.74) is 2.31. The molecule has 0 radical (unpaired) electrons. The monoisotopic (exact) mass is 495 g/mol. The number of aromatic nitrogens is 5. The number of rotatable bonds is 7. The number of nitrogens with one attached hydrogen (secondary N) is 1. The molecule has 5 rings (SSSR count). The van der Waals surface area contributed by atoms with Gasteiger partial charge in [-0.1, -0.05) is 17.7 Å². The van der Waals surface area contributed by atoms with Crippen LogP contribution in [-0.4, -0.2) is 68.1 Å². The normalized spacial score (nSPS) is 15.9. The fraction of sp³-hybridized carbons (Fsp3) is 0.261. The van der Waals surface area contributed by atoms with Gasteiger partial charge in [0.2, 0.25) is 0 Å². The van der Waals surface area contributed by atoms with E-state index in [1.165, 1.54) is 10.7 Å². The average molecular weight is 496 g/mol. The zero-order chi connectivity index (χ0) is 24.4. The number of carbonyl (C=O) groups excluding carboxylic acids is 2. The molecule has 4 heterocycles. The van der Waals surface area contributed by atoms with Crippen LogP contribution in [0.15, 0.2) is 59.9 Å². The van der Waals surface area contributed by atoms with Crippen molar-refractivity contribution in [2.24, 2.45) is 0 Å². The number of ether oxygens (including phenoxy) is 2. The van der Waals surface area contributed by atoms with Gasteiger partial charge in [0.1, 0.15) is 23.6 Å². The van der Waals surface area contributed by atoms with Crippen LogP contribution in [-0.2, 0) is 16.0 Å². The fourth-order valence-corrected chi connectivity index (χ4v) is 4.07. The lowest BCUT2D eigenvalue weighted by Crippen LogP contribution is -2.28. The van der Waals surface area contributed by atoms with Gasteiger partial charge in [-0.3, -0.25) is 9.48 Å². The predicted octanol–water partition coefficient (Wildman–Crippen LogP) is 3.07. The largest absolute Gasteiger partial charge is 0.496 e. The lowest BCUT2D eigenvalue weighted by molar-refractivity contribution is 0.102. The van der Waals surface area contributed by atoms with Crippen LogP contribution in [0, 0.1) is 0 Å². The molecule has 2 aliphatic rings. The Bertz CT molecular complexity index is 1390. The maximum Gasteiger partial charge on any atom is 0.410 e. The molecule has 12 heteroatoms. The highest BCUT2D eigenvalue weighted by atomic mass is 35.5. The summed E-state index contributed by atoms with van der Waals surface area (Å²) < 4.78 is 13.8. The molecule has 35 heavy (non-hydrogen) atoms. The zero-order valence-electron chi connectivity index (χ0n) is 18.8. The van der Waals surface area contributed by atoms with Crippen molar-refractivity contribution < 1.29 is 19.1 Å². The van der Waals surface area contributed by atoms with Crippen LogP contribution in [0.4, 0.5) is 10.5 Å². The van der Waals surface area contributed by atoms with E-state index in [-0.39, 0.29) is 12.0 Å². The number of amides is 2. The zero-order valence-corrected chi connectivity index (χ0v) is 19.6. The Labute approximate surface area is 205 Å². The van der Waals surface area contributed by atoms with Crippen molar-refractivity contribution in [3.8, 4) is 0 Å². The van der Waals surface area contributed by atoms with E-state index in [9.17, 15) is 9.59 Å². The number of methoxy groups -OCH3 is 1. The van der Waals surface area contributed by atoms with E-state index in [1.807, 2.05) is 12.2 Å². The highest BCUT2D eigenvalue weighted by molar-refractivity contribution is 6.30. The first-order valence-electron chi connectivity index (χ1n) is 10.9. The molecule has 11 nitrogen and oxygen atoms in total. The topological polar surface area (TPSA) is 116 Å². The van der Waals surface area contributed by atoms with Crippen LogP contribution in [0.5, 0.6) is 0 Å². The Morgan fingerprint density at radius 2 is 2.23 bits per heavy atom. The molecule has 3 aromatic rings. The van der Waals surface area contributed by atoms with Gasteiger partial charge in [0.25, 0.3) is 5.91 Å². The van der Waals surface area contributed by atoms with Gasteiger partial charge in [-0.05, 0) is 18.2 Å². The highest BCUT2D eigenvalue weighted by Gasteiger charge is 2.24. The third-order valence-corrected chi connectivity index (χ3v) is 5.86. The summed E-state index contributed by atoms with van der Waals surface area (Å²) in [7, 11) is 1.56. The van der Waals surface area contributed by atoms with Gasteiger partial charge in [-0.2, -0.15) is 10.2 Å². The third kappa shape index (κ3) is 4.62. The first-order valence-corrected chi connectivity index (χ1v) is 11.3. The number of allylic oxidation sites excluding steroid dienone is 5. The van der Waals surface area contributed by atoms with Crippen molar-refractivity contribution >= 4 is 40.5 Å². The van der Waals surface area contributed by atoms with Crippen LogP contribution in [0.3, 0.4) is 0 Å². The van der Waals surface area contributed by atoms with Gasteiger partial charge in [0.05, 0.1) is 32.1 Å². The molecule has 0 unspecified atom stereocenters. The Morgan fingerprint density at radius 1 is 1.34 bits per heavy atom. The summed E-state index contributed by atoms with van der Waals surface area (Å²) in [6.45, 7) is 1.72. The van der Waals surface area contributed by atoms with Crippen molar-refractivity contribution in [3.05, 3.63) is 71.1 Å². The summed E-state index contributed by atoms with van der Waals surface area (Å²) in [6.07, 6.45) is 12.2. The Kier molecular flexibility index (Phi) is 6.23. The summed E-state index contributed by atoms with van der Waals surface area (Å²) >= 11 is 6.38. The molecule has 1 aliphatic heterocycles. The summed E-state index contributed by atoms with van der Waals surface area (Å²) in [4.78, 5) is 30.9. The van der Waals surface area contributed by atoms with Gasteiger partial charge < -0.3 is 19.7 Å². The molecule has 1 fully saturated rings. The second-order valence-electron chi connectivity index (χ2n) is 7.84. The number of hydrogen-bond acceptors (Lipinski definition) is 7. The van der Waals surface area contributed by atoms with E-state index in [4.69, 9.17) is 26.2 Å². The van der Waals surface area contributed by atoms with Gasteiger partial charge in [0.15, 0.2) is 5.65 Å². The van der Waals surface area contributed by atoms with Crippen molar-refractivity contribution in [1.82, 2.24) is 29.3 Å². The van der Waals surface area contributed by atoms with E-state index in [1.54, 1.807) is 47.4 Å². The van der Waals surface area contributed by atoms with Crippen molar-refractivity contribution in [1.29, 1.82) is 0 Å². The van der Waals surface area contributed by atoms with Gasteiger partial charge in [-0.25, -0.2) is 14.3 Å². The minimum absolute atomic E-state index is 0.319. The molecule has 1 saturated heterocycles. The number of nitrogens with zero attached hydrogens (tertiary/aromatic N) is 6. The van der Waals surface area contributed by atoms with Crippen LogP contribution in [0.1, 0.15) is 22.5 Å². The van der Waals surface area contributed by atoms with Crippen molar-refractivity contribution in [2.45, 2.75) is 13.0 Å². The van der Waals surface area contributed by atoms with E-state index in [0.717, 1.165) is 0 Å². The molecule has 2 amide bonds. The first kappa shape index (κ1) is 22.7. The number of cyclic esters (lactones) is 1. The Hall–Kier alpha value is -4.12. The number of fused-ring (bicyclic) bond motifs is 1. The molecule has 0 atom stereocenters. The number of carbonyl (C=O) groups is 2. The van der Waals surface area contributed by atoms with Gasteiger partial charge >= 0.3 is 6.09 Å². The number of hydrogen-bond donors (Lipinski definition) is 1. The van der Waals surface area contributed by atoms with E-state index in [2.05, 4.69) is 15.4 Å². The maximum absolute atomic E-state index is 13.2. The minimum Gasteiger partial charge on any atom is -0.496 e. The summed E-state index contributed by atoms with van der Waals surface area (Å²) in [6, 6.07) is 1.73. The summed E-state index contributed by atoms with van der Waals surface area (Å²) in [5.74, 6) is 0.170. The molecular formula is C23H22ClN7O4. The van der Waals surface area contributed by atoms with Gasteiger partial charge in [0, 0.05) is 42.2 Å². The molecule has 0 aromatic carbocycles. The molecule has 0 spiro atoms. The van der Waals surface area contributed by atoms with Crippen molar-refractivity contribution in [3.63, 3.8) is 0 Å². The van der Waals surface area contributed by atoms with Crippen LogP contribution >= 0.6 is 11.6 Å². The standard InChI is InChI=1S/C23H22ClN7O4/c1-34-19-5-2-4-15(24)12-16(19)20-18(14-30(28-20)9-8-29-10-11-35-23(29)33)27-22(32)17-13-26-31-7-3-6-25-21(17)31/h2-3,5-7,12-14H,4,8-11H2,1H3,(H,27,32). The van der Waals surface area contributed by atoms with E-state index < -0.39 is 0 Å².